The normalized spacial score (nSPS) is 12.6. The Morgan fingerprint density at radius 3 is 1.12 bits per heavy atom. The van der Waals surface area contributed by atoms with Gasteiger partial charge in [-0.2, -0.15) is 0 Å². The largest absolute Gasteiger partial charge is 0.466 e. The number of aliphatic hydroxyl groups excluding tert-OH is 2. The molecule has 0 heterocycles. The second-order valence-electron chi connectivity index (χ2n) is 20.0. The van der Waals surface area contributed by atoms with Crippen molar-refractivity contribution < 1.29 is 24.5 Å². The summed E-state index contributed by atoms with van der Waals surface area (Å²) in [5.74, 6) is -0.0274. The minimum atomic E-state index is -0.660. The van der Waals surface area contributed by atoms with E-state index in [1.807, 2.05) is 0 Å². The molecule has 380 valence electrons. The van der Waals surface area contributed by atoms with Crippen molar-refractivity contribution in [2.24, 2.45) is 0 Å². The number of hydrogen-bond acceptors (Lipinski definition) is 5. The number of amides is 1. The SMILES string of the molecule is CCCCCC/C=C\CCCCCCCC(=O)OCCCCCCCCCCCCCCCCCCCCCCCCCCCC(=O)NC(CO)C(O)CCCCCCCCCCC. The third-order valence-electron chi connectivity index (χ3n) is 13.6. The van der Waals surface area contributed by atoms with Gasteiger partial charge in [-0.05, 0) is 51.4 Å². The van der Waals surface area contributed by atoms with Crippen LogP contribution in [0.25, 0.3) is 0 Å². The second-order valence-corrected chi connectivity index (χ2v) is 20.0. The molecular weight excluding hydrogens is 791 g/mol. The summed E-state index contributed by atoms with van der Waals surface area (Å²) in [4.78, 5) is 24.4. The number of allylic oxidation sites excluding steroid dienone is 2. The predicted octanol–water partition coefficient (Wildman–Crippen LogP) is 17.7. The van der Waals surface area contributed by atoms with Crippen molar-refractivity contribution in [2.45, 2.75) is 334 Å². The van der Waals surface area contributed by atoms with Gasteiger partial charge in [-0.25, -0.2) is 0 Å². The quantitative estimate of drug-likeness (QED) is 0.0321. The summed E-state index contributed by atoms with van der Waals surface area (Å²) in [6.45, 7) is 4.93. The van der Waals surface area contributed by atoms with Crippen molar-refractivity contribution in [3.8, 4) is 0 Å². The van der Waals surface area contributed by atoms with Crippen molar-refractivity contribution >= 4 is 11.9 Å². The molecule has 0 saturated carbocycles. The van der Waals surface area contributed by atoms with Crippen LogP contribution in [0.5, 0.6) is 0 Å². The van der Waals surface area contributed by atoms with E-state index >= 15 is 0 Å². The number of rotatable bonds is 54. The molecule has 0 aliphatic rings. The van der Waals surface area contributed by atoms with E-state index in [-0.39, 0.29) is 18.5 Å². The van der Waals surface area contributed by atoms with Gasteiger partial charge in [-0.1, -0.05) is 270 Å². The number of aliphatic hydroxyl groups is 2. The predicted molar refractivity (Wildman–Crippen MR) is 278 cm³/mol. The molecule has 0 aliphatic carbocycles. The number of ether oxygens (including phenoxy) is 1. The third kappa shape index (κ3) is 50.0. The lowest BCUT2D eigenvalue weighted by atomic mass is 10.0. The highest BCUT2D eigenvalue weighted by Gasteiger charge is 2.20. The van der Waals surface area contributed by atoms with Crippen LogP contribution < -0.4 is 5.32 Å². The van der Waals surface area contributed by atoms with Crippen LogP contribution in [0.1, 0.15) is 322 Å². The third-order valence-corrected chi connectivity index (χ3v) is 13.6. The lowest BCUT2D eigenvalue weighted by Crippen LogP contribution is -2.45. The zero-order chi connectivity index (χ0) is 46.5. The molecule has 0 aromatic heterocycles. The highest BCUT2D eigenvalue weighted by Crippen LogP contribution is 2.18. The van der Waals surface area contributed by atoms with Crippen molar-refractivity contribution in [3.05, 3.63) is 12.2 Å². The Morgan fingerprint density at radius 1 is 0.422 bits per heavy atom. The minimum absolute atomic E-state index is 0.00728. The topological polar surface area (TPSA) is 95.9 Å². The van der Waals surface area contributed by atoms with Crippen LogP contribution >= 0.6 is 0 Å². The average molecular weight is 905 g/mol. The Hall–Kier alpha value is -1.40. The highest BCUT2D eigenvalue weighted by atomic mass is 16.5. The Labute approximate surface area is 399 Å². The van der Waals surface area contributed by atoms with E-state index in [2.05, 4.69) is 31.3 Å². The lowest BCUT2D eigenvalue weighted by molar-refractivity contribution is -0.143. The molecule has 2 atom stereocenters. The summed E-state index contributed by atoms with van der Waals surface area (Å²) in [6.07, 6.45) is 63.7. The molecule has 64 heavy (non-hydrogen) atoms. The standard InChI is InChI=1S/C58H113NO5/c1-3-5-7-9-11-13-14-28-32-36-40-44-48-52-58(63)64-53-49-45-41-37-33-30-27-25-23-21-19-17-15-16-18-20-22-24-26-29-31-35-39-43-47-51-57(62)59-55(54-60)56(61)50-46-42-38-34-12-10-8-6-4-2/h13-14,55-56,60-61H,3-12,15-54H2,1-2H3,(H,59,62)/b14-13-. The van der Waals surface area contributed by atoms with E-state index < -0.39 is 12.1 Å². The van der Waals surface area contributed by atoms with Gasteiger partial charge in [0, 0.05) is 12.8 Å². The average Bonchev–Trinajstić information content (AvgIpc) is 3.29. The fraction of sp³-hybridized carbons (Fsp3) is 0.931. The fourth-order valence-corrected chi connectivity index (χ4v) is 9.11. The number of hydrogen-bond donors (Lipinski definition) is 3. The van der Waals surface area contributed by atoms with E-state index in [1.54, 1.807) is 0 Å². The molecule has 0 spiro atoms. The van der Waals surface area contributed by atoms with Crippen LogP contribution in [0.4, 0.5) is 0 Å². The Kier molecular flexibility index (Phi) is 53.0. The number of nitrogens with one attached hydrogen (secondary N) is 1. The monoisotopic (exact) mass is 904 g/mol. The van der Waals surface area contributed by atoms with E-state index in [9.17, 15) is 19.8 Å². The van der Waals surface area contributed by atoms with Crippen LogP contribution in [-0.4, -0.2) is 47.4 Å². The van der Waals surface area contributed by atoms with Gasteiger partial charge in [0.25, 0.3) is 0 Å². The molecule has 6 heteroatoms. The molecule has 0 aliphatic heterocycles. The number of esters is 1. The molecule has 0 radical (unpaired) electrons. The first-order valence-corrected chi connectivity index (χ1v) is 28.9. The van der Waals surface area contributed by atoms with Gasteiger partial charge in [0.1, 0.15) is 0 Å². The smallest absolute Gasteiger partial charge is 0.305 e. The summed E-state index contributed by atoms with van der Waals surface area (Å²) >= 11 is 0. The van der Waals surface area contributed by atoms with Crippen LogP contribution in [0, 0.1) is 0 Å². The van der Waals surface area contributed by atoms with E-state index in [4.69, 9.17) is 4.74 Å². The van der Waals surface area contributed by atoms with Gasteiger partial charge in [0.15, 0.2) is 0 Å². The van der Waals surface area contributed by atoms with Crippen LogP contribution in [0.15, 0.2) is 12.2 Å². The first-order valence-electron chi connectivity index (χ1n) is 28.9. The Bertz CT molecular complexity index is 955. The molecule has 1 amide bonds. The van der Waals surface area contributed by atoms with Crippen molar-refractivity contribution in [2.75, 3.05) is 13.2 Å². The molecule has 0 bridgehead atoms. The number of carbonyl (C=O) groups is 2. The van der Waals surface area contributed by atoms with Crippen LogP contribution in [0.3, 0.4) is 0 Å². The maximum Gasteiger partial charge on any atom is 0.305 e. The molecule has 0 aromatic rings. The molecule has 0 saturated heterocycles. The molecule has 0 rings (SSSR count). The molecule has 0 fully saturated rings. The van der Waals surface area contributed by atoms with Crippen LogP contribution in [-0.2, 0) is 14.3 Å². The Balaban J connectivity index is 3.32. The van der Waals surface area contributed by atoms with Gasteiger partial charge >= 0.3 is 5.97 Å². The Morgan fingerprint density at radius 2 is 0.734 bits per heavy atom. The lowest BCUT2D eigenvalue weighted by Gasteiger charge is -2.22. The zero-order valence-corrected chi connectivity index (χ0v) is 43.3. The van der Waals surface area contributed by atoms with Crippen molar-refractivity contribution in [1.29, 1.82) is 0 Å². The molecule has 3 N–H and O–H groups in total. The maximum atomic E-state index is 12.4. The minimum Gasteiger partial charge on any atom is -0.466 e. The van der Waals surface area contributed by atoms with Crippen molar-refractivity contribution in [3.63, 3.8) is 0 Å². The van der Waals surface area contributed by atoms with Gasteiger partial charge in [0.05, 0.1) is 25.4 Å². The van der Waals surface area contributed by atoms with Gasteiger partial charge in [-0.15, -0.1) is 0 Å². The summed E-state index contributed by atoms with van der Waals surface area (Å²) < 4.78 is 5.47. The van der Waals surface area contributed by atoms with Crippen LogP contribution in [0.2, 0.25) is 0 Å². The van der Waals surface area contributed by atoms with Gasteiger partial charge in [-0.3, -0.25) is 9.59 Å². The van der Waals surface area contributed by atoms with Gasteiger partial charge < -0.3 is 20.3 Å². The summed E-state index contributed by atoms with van der Waals surface area (Å²) in [5, 5.41) is 23.1. The first kappa shape index (κ1) is 62.6. The summed E-state index contributed by atoms with van der Waals surface area (Å²) in [7, 11) is 0. The molecule has 0 aromatic carbocycles. The van der Waals surface area contributed by atoms with Crippen molar-refractivity contribution in [1.82, 2.24) is 5.32 Å². The first-order chi connectivity index (χ1) is 31.5. The molecule has 6 nitrogen and oxygen atoms in total. The highest BCUT2D eigenvalue weighted by molar-refractivity contribution is 5.76. The molecular formula is C58H113NO5. The van der Waals surface area contributed by atoms with E-state index in [1.165, 1.54) is 244 Å². The maximum absolute atomic E-state index is 12.4. The number of carbonyl (C=O) groups excluding carboxylic acids is 2. The summed E-state index contributed by atoms with van der Waals surface area (Å²) in [6, 6.07) is -0.537. The van der Waals surface area contributed by atoms with Gasteiger partial charge in [0.2, 0.25) is 5.91 Å². The number of unbranched alkanes of at least 4 members (excludes halogenated alkanes) is 41. The summed E-state index contributed by atoms with van der Waals surface area (Å²) in [5.41, 5.74) is 0. The zero-order valence-electron chi connectivity index (χ0n) is 43.3. The van der Waals surface area contributed by atoms with E-state index in [0.717, 1.165) is 44.9 Å². The fourth-order valence-electron chi connectivity index (χ4n) is 9.11. The second kappa shape index (κ2) is 54.2. The molecule has 2 unspecified atom stereocenters. The van der Waals surface area contributed by atoms with E-state index in [0.29, 0.717) is 25.9 Å².